The third-order valence-corrected chi connectivity index (χ3v) is 5.25. The van der Waals surface area contributed by atoms with E-state index in [1.807, 2.05) is 19.1 Å². The summed E-state index contributed by atoms with van der Waals surface area (Å²) in [6.07, 6.45) is -2.82. The molecule has 11 heteroatoms. The first-order chi connectivity index (χ1) is 16.0. The van der Waals surface area contributed by atoms with E-state index in [9.17, 15) is 22.4 Å². The van der Waals surface area contributed by atoms with Gasteiger partial charge in [0.1, 0.15) is 5.82 Å². The number of nitrogens with two attached hydrogens (primary N) is 1. The Bertz CT molecular complexity index is 1400. The molecule has 7 nitrogen and oxygen atoms in total. The van der Waals surface area contributed by atoms with Crippen LogP contribution in [-0.2, 0) is 30.9 Å². The standard InChI is InChI=1S/C23H20F4N6O/c1-3-13-7-14(8-15-11-29-22(28)31-21(13)15)18-10-19(32-33(18)2)30-20(34)6-12-4-16(23(25,26)27)9-17(24)5-12/h4-5,7-11H,3,6H2,1-2H3,(H2,28,29,31)(H,30,32,34). The third-order valence-electron chi connectivity index (χ3n) is 5.25. The van der Waals surface area contributed by atoms with Crippen LogP contribution in [-0.4, -0.2) is 25.7 Å². The topological polar surface area (TPSA) is 98.7 Å². The average molecular weight is 472 g/mol. The summed E-state index contributed by atoms with van der Waals surface area (Å²) in [5, 5.41) is 7.62. The maximum Gasteiger partial charge on any atom is 0.416 e. The highest BCUT2D eigenvalue weighted by molar-refractivity contribution is 5.92. The largest absolute Gasteiger partial charge is 0.416 e. The number of hydrogen-bond acceptors (Lipinski definition) is 5. The number of hydrogen-bond donors (Lipinski definition) is 2. The van der Waals surface area contributed by atoms with Crippen molar-refractivity contribution in [1.82, 2.24) is 19.7 Å². The molecule has 0 fully saturated rings. The van der Waals surface area contributed by atoms with Gasteiger partial charge in [0.05, 0.1) is 23.2 Å². The van der Waals surface area contributed by atoms with Gasteiger partial charge in [-0.25, -0.2) is 14.4 Å². The first kappa shape index (κ1) is 23.1. The number of benzene rings is 2. The van der Waals surface area contributed by atoms with Crippen LogP contribution in [0.2, 0.25) is 0 Å². The molecule has 2 heterocycles. The van der Waals surface area contributed by atoms with Gasteiger partial charge in [-0.3, -0.25) is 9.48 Å². The minimum Gasteiger partial charge on any atom is -0.368 e. The first-order valence-corrected chi connectivity index (χ1v) is 10.3. The highest BCUT2D eigenvalue weighted by Crippen LogP contribution is 2.31. The van der Waals surface area contributed by atoms with Crippen molar-refractivity contribution < 1.29 is 22.4 Å². The molecule has 34 heavy (non-hydrogen) atoms. The quantitative estimate of drug-likeness (QED) is 0.417. The fourth-order valence-electron chi connectivity index (χ4n) is 3.74. The Balaban J connectivity index is 1.58. The third kappa shape index (κ3) is 4.82. The number of amides is 1. The molecular formula is C23H20F4N6O. The molecule has 0 spiro atoms. The van der Waals surface area contributed by atoms with E-state index >= 15 is 0 Å². The fourth-order valence-corrected chi connectivity index (χ4v) is 3.74. The monoisotopic (exact) mass is 472 g/mol. The molecule has 0 saturated carbocycles. The molecule has 4 rings (SSSR count). The Morgan fingerprint density at radius 2 is 1.91 bits per heavy atom. The fraction of sp³-hybridized carbons (Fsp3) is 0.217. The number of nitrogen functional groups attached to an aromatic ring is 1. The smallest absolute Gasteiger partial charge is 0.368 e. The molecule has 4 aromatic rings. The van der Waals surface area contributed by atoms with Crippen molar-refractivity contribution in [2.45, 2.75) is 25.9 Å². The van der Waals surface area contributed by atoms with Crippen LogP contribution in [0.25, 0.3) is 22.2 Å². The minimum absolute atomic E-state index is 0.0950. The van der Waals surface area contributed by atoms with E-state index in [0.29, 0.717) is 18.2 Å². The molecule has 0 aliphatic rings. The van der Waals surface area contributed by atoms with Crippen molar-refractivity contribution in [3.63, 3.8) is 0 Å². The van der Waals surface area contributed by atoms with E-state index < -0.39 is 29.9 Å². The van der Waals surface area contributed by atoms with E-state index in [0.717, 1.165) is 34.2 Å². The summed E-state index contributed by atoms with van der Waals surface area (Å²) in [6.45, 7) is 1.99. The first-order valence-electron chi connectivity index (χ1n) is 10.3. The zero-order valence-corrected chi connectivity index (χ0v) is 18.2. The van der Waals surface area contributed by atoms with Crippen LogP contribution in [0.15, 0.2) is 42.6 Å². The van der Waals surface area contributed by atoms with Crippen LogP contribution >= 0.6 is 0 Å². The van der Waals surface area contributed by atoms with Gasteiger partial charge in [-0.15, -0.1) is 0 Å². The van der Waals surface area contributed by atoms with Gasteiger partial charge in [0.15, 0.2) is 5.82 Å². The predicted octanol–water partition coefficient (Wildman–Crippen LogP) is 4.51. The van der Waals surface area contributed by atoms with E-state index in [1.54, 1.807) is 24.0 Å². The Kier molecular flexibility index (Phi) is 5.94. The number of halogens is 4. The summed E-state index contributed by atoms with van der Waals surface area (Å²) in [5.74, 6) is -1.30. The molecule has 2 aromatic heterocycles. The van der Waals surface area contributed by atoms with Crippen molar-refractivity contribution in [2.75, 3.05) is 11.1 Å². The Hall–Kier alpha value is -4.02. The molecule has 0 aliphatic carbocycles. The van der Waals surface area contributed by atoms with Crippen LogP contribution in [0.3, 0.4) is 0 Å². The van der Waals surface area contributed by atoms with Crippen LogP contribution in [0.5, 0.6) is 0 Å². The van der Waals surface area contributed by atoms with Crippen LogP contribution < -0.4 is 11.1 Å². The molecule has 3 N–H and O–H groups in total. The van der Waals surface area contributed by atoms with Gasteiger partial charge in [-0.05, 0) is 47.9 Å². The van der Waals surface area contributed by atoms with Gasteiger partial charge in [0.25, 0.3) is 0 Å². The zero-order valence-electron chi connectivity index (χ0n) is 18.2. The lowest BCUT2D eigenvalue weighted by molar-refractivity contribution is -0.137. The second kappa shape index (κ2) is 8.73. The maximum atomic E-state index is 13.6. The molecule has 1 amide bonds. The molecule has 2 aromatic carbocycles. The number of aryl methyl sites for hydroxylation is 2. The number of carbonyl (C=O) groups is 1. The Morgan fingerprint density at radius 1 is 1.15 bits per heavy atom. The number of nitrogens with one attached hydrogen (secondary N) is 1. The molecule has 0 unspecified atom stereocenters. The number of rotatable bonds is 5. The van der Waals surface area contributed by atoms with Crippen LogP contribution in [0, 0.1) is 5.82 Å². The number of alkyl halides is 3. The maximum absolute atomic E-state index is 13.6. The van der Waals surface area contributed by atoms with E-state index in [4.69, 9.17) is 5.73 Å². The summed E-state index contributed by atoms with van der Waals surface area (Å²) in [6, 6.07) is 7.51. The van der Waals surface area contributed by atoms with Crippen molar-refractivity contribution in [2.24, 2.45) is 7.05 Å². The van der Waals surface area contributed by atoms with Crippen LogP contribution in [0.1, 0.15) is 23.6 Å². The van der Waals surface area contributed by atoms with E-state index in [1.165, 1.54) is 0 Å². The van der Waals surface area contributed by atoms with Crippen molar-refractivity contribution in [1.29, 1.82) is 0 Å². The second-order valence-corrected chi connectivity index (χ2v) is 7.76. The molecule has 0 atom stereocenters. The number of anilines is 2. The zero-order chi connectivity index (χ0) is 24.6. The normalized spacial score (nSPS) is 11.7. The van der Waals surface area contributed by atoms with Gasteiger partial charge in [-0.1, -0.05) is 6.92 Å². The number of nitrogens with zero attached hydrogens (tertiary/aromatic N) is 4. The van der Waals surface area contributed by atoms with Gasteiger partial charge < -0.3 is 11.1 Å². The van der Waals surface area contributed by atoms with Gasteiger partial charge >= 0.3 is 6.18 Å². The lowest BCUT2D eigenvalue weighted by Gasteiger charge is -2.09. The Morgan fingerprint density at radius 3 is 2.62 bits per heavy atom. The molecule has 0 aliphatic heterocycles. The SMILES string of the molecule is CCc1cc(-c2cc(NC(=O)Cc3cc(F)cc(C(F)(F)F)c3)nn2C)cc2cnc(N)nc12. The van der Waals surface area contributed by atoms with Crippen molar-refractivity contribution >= 4 is 28.6 Å². The summed E-state index contributed by atoms with van der Waals surface area (Å²) >= 11 is 0. The van der Waals surface area contributed by atoms with Crippen molar-refractivity contribution in [3.8, 4) is 11.3 Å². The predicted molar refractivity (Wildman–Crippen MR) is 119 cm³/mol. The highest BCUT2D eigenvalue weighted by atomic mass is 19.4. The summed E-state index contributed by atoms with van der Waals surface area (Å²) in [5.41, 5.74) is 7.68. The number of aromatic nitrogens is 4. The lowest BCUT2D eigenvalue weighted by atomic mass is 10.0. The molecular weight excluding hydrogens is 452 g/mol. The van der Waals surface area contributed by atoms with Gasteiger partial charge in [0.2, 0.25) is 11.9 Å². The molecule has 176 valence electrons. The van der Waals surface area contributed by atoms with Crippen molar-refractivity contribution in [3.05, 3.63) is 65.1 Å². The number of carbonyl (C=O) groups excluding carboxylic acids is 1. The molecule has 0 saturated heterocycles. The summed E-state index contributed by atoms with van der Waals surface area (Å²) < 4.78 is 53.9. The minimum atomic E-state index is -4.71. The summed E-state index contributed by atoms with van der Waals surface area (Å²) in [4.78, 5) is 20.8. The van der Waals surface area contributed by atoms with E-state index in [-0.39, 0.29) is 17.3 Å². The molecule has 0 bridgehead atoms. The summed E-state index contributed by atoms with van der Waals surface area (Å²) in [7, 11) is 1.70. The van der Waals surface area contributed by atoms with E-state index in [2.05, 4.69) is 20.4 Å². The molecule has 0 radical (unpaired) electrons. The van der Waals surface area contributed by atoms with Crippen LogP contribution in [0.4, 0.5) is 29.3 Å². The Labute approximate surface area is 191 Å². The number of fused-ring (bicyclic) bond motifs is 1. The lowest BCUT2D eigenvalue weighted by Crippen LogP contribution is -2.16. The highest BCUT2D eigenvalue weighted by Gasteiger charge is 2.31. The van der Waals surface area contributed by atoms with Gasteiger partial charge in [-0.2, -0.15) is 18.3 Å². The second-order valence-electron chi connectivity index (χ2n) is 7.76. The average Bonchev–Trinajstić information content (AvgIpc) is 3.11. The van der Waals surface area contributed by atoms with Gasteiger partial charge in [0, 0.05) is 30.3 Å².